The quantitative estimate of drug-likeness (QED) is 0.493. The lowest BCUT2D eigenvalue weighted by Crippen LogP contribution is -2.37. The van der Waals surface area contributed by atoms with Gasteiger partial charge in [0.25, 0.3) is 12.9 Å². The molecule has 2 aliphatic rings. The highest BCUT2D eigenvalue weighted by Crippen LogP contribution is 2.44. The number of esters is 1. The average molecular weight is 418 g/mol. The third-order valence-electron chi connectivity index (χ3n) is 5.87. The van der Waals surface area contributed by atoms with E-state index in [-0.39, 0.29) is 32.3 Å². The van der Waals surface area contributed by atoms with E-state index >= 15 is 0 Å². The van der Waals surface area contributed by atoms with E-state index in [1.807, 2.05) is 18.2 Å². The van der Waals surface area contributed by atoms with Crippen molar-refractivity contribution in [2.75, 3.05) is 0 Å². The van der Waals surface area contributed by atoms with Gasteiger partial charge in [-0.1, -0.05) is 56.0 Å². The number of halogens is 4. The number of carbonyl (C=O) groups excluding carboxylic acids is 1. The second-order valence-corrected chi connectivity index (χ2v) is 7.69. The number of hydrogen-bond donors (Lipinski definition) is 1. The number of alkyl halides is 4. The number of aliphatic carboxylic acids is 1. The van der Waals surface area contributed by atoms with Crippen molar-refractivity contribution in [3.8, 4) is 0 Å². The first kappa shape index (κ1) is 23.2. The molecule has 0 aliphatic heterocycles. The van der Waals surface area contributed by atoms with Crippen molar-refractivity contribution in [2.45, 2.75) is 70.8 Å². The molecule has 8 heteroatoms. The topological polar surface area (TPSA) is 63.6 Å². The Labute approximate surface area is 167 Å². The van der Waals surface area contributed by atoms with Crippen LogP contribution in [-0.4, -0.2) is 29.9 Å². The van der Waals surface area contributed by atoms with Gasteiger partial charge in [0.15, 0.2) is 0 Å². The van der Waals surface area contributed by atoms with E-state index in [0.29, 0.717) is 25.7 Å². The zero-order valence-corrected chi connectivity index (χ0v) is 16.1. The van der Waals surface area contributed by atoms with Crippen LogP contribution in [0.3, 0.4) is 0 Å². The van der Waals surface area contributed by atoms with Crippen LogP contribution in [0.4, 0.5) is 17.6 Å². The van der Waals surface area contributed by atoms with Crippen molar-refractivity contribution in [3.05, 3.63) is 35.9 Å². The van der Waals surface area contributed by atoms with Crippen molar-refractivity contribution in [1.82, 2.24) is 0 Å². The van der Waals surface area contributed by atoms with Crippen LogP contribution >= 0.6 is 0 Å². The summed E-state index contributed by atoms with van der Waals surface area (Å²) in [5.74, 6) is -2.09. The molecule has 3 rings (SSSR count). The number of hydrogen-bond acceptors (Lipinski definition) is 3. The Bertz CT molecular complexity index is 667. The number of carbonyl (C=O) groups is 2. The molecular weight excluding hydrogens is 392 g/mol. The molecule has 0 heterocycles. The average Bonchev–Trinajstić information content (AvgIpc) is 3.38. The Morgan fingerprint density at radius 2 is 1.31 bits per heavy atom. The summed E-state index contributed by atoms with van der Waals surface area (Å²) in [4.78, 5) is 22.4. The van der Waals surface area contributed by atoms with E-state index in [2.05, 4.69) is 0 Å². The maximum Gasteiger partial charge on any atom is 0.318 e. The Kier molecular flexibility index (Phi) is 8.05. The van der Waals surface area contributed by atoms with Gasteiger partial charge in [-0.15, -0.1) is 0 Å². The van der Waals surface area contributed by atoms with Crippen molar-refractivity contribution in [2.24, 2.45) is 10.8 Å². The van der Waals surface area contributed by atoms with Gasteiger partial charge < -0.3 is 9.84 Å². The highest BCUT2D eigenvalue weighted by atomic mass is 19.3. The molecule has 162 valence electrons. The van der Waals surface area contributed by atoms with E-state index < -0.39 is 35.6 Å². The van der Waals surface area contributed by atoms with Gasteiger partial charge in [-0.25, -0.2) is 17.6 Å². The van der Waals surface area contributed by atoms with Crippen LogP contribution in [-0.2, 0) is 20.9 Å². The van der Waals surface area contributed by atoms with Gasteiger partial charge in [-0.3, -0.25) is 9.59 Å². The fourth-order valence-corrected chi connectivity index (χ4v) is 3.92. The second-order valence-electron chi connectivity index (χ2n) is 7.69. The van der Waals surface area contributed by atoms with Gasteiger partial charge >= 0.3 is 11.9 Å². The van der Waals surface area contributed by atoms with E-state index in [4.69, 9.17) is 9.84 Å². The van der Waals surface area contributed by atoms with Crippen LogP contribution in [0.15, 0.2) is 30.3 Å². The van der Waals surface area contributed by atoms with Crippen LogP contribution < -0.4 is 0 Å². The lowest BCUT2D eigenvalue weighted by Gasteiger charge is -2.25. The second kappa shape index (κ2) is 10.1. The Balaban J connectivity index is 0.000000234. The number of ether oxygens (including phenoxy) is 1. The molecule has 0 saturated heterocycles. The summed E-state index contributed by atoms with van der Waals surface area (Å²) >= 11 is 0. The molecule has 0 spiro atoms. The minimum atomic E-state index is -2.72. The molecule has 0 amide bonds. The Hall–Kier alpha value is -2.12. The predicted molar refractivity (Wildman–Crippen MR) is 97.7 cm³/mol. The van der Waals surface area contributed by atoms with Gasteiger partial charge in [0.05, 0.1) is 0 Å². The normalized spacial score (nSPS) is 19.7. The monoisotopic (exact) mass is 418 g/mol. The molecule has 1 aromatic rings. The smallest absolute Gasteiger partial charge is 0.318 e. The summed E-state index contributed by atoms with van der Waals surface area (Å²) in [6.45, 7) is 0.0636. The standard InChI is InChI=1S/C14H16F2O2.C7H10F2O2/c15-12(16)14(8-4-5-9-14)13(17)18-10-11-6-2-1-3-7-11;8-5(9)7(6(10)11)3-1-2-4-7/h1-3,6-7,12H,4-5,8-10H2;5H,1-4H2,(H,10,11). The molecule has 1 N–H and O–H groups in total. The number of benzene rings is 1. The van der Waals surface area contributed by atoms with Crippen LogP contribution in [0.5, 0.6) is 0 Å². The first-order valence-electron chi connectivity index (χ1n) is 9.75. The Morgan fingerprint density at radius 3 is 1.69 bits per heavy atom. The lowest BCUT2D eigenvalue weighted by atomic mass is 9.87. The molecule has 0 unspecified atom stereocenters. The van der Waals surface area contributed by atoms with Gasteiger partial charge in [0.1, 0.15) is 17.4 Å². The minimum absolute atomic E-state index is 0.0636. The maximum atomic E-state index is 13.1. The fraction of sp³-hybridized carbons (Fsp3) is 0.619. The summed E-state index contributed by atoms with van der Waals surface area (Å²) in [7, 11) is 0. The van der Waals surface area contributed by atoms with Gasteiger partial charge in [-0.05, 0) is 31.2 Å². The summed E-state index contributed by atoms with van der Waals surface area (Å²) in [5.41, 5.74) is -2.47. The summed E-state index contributed by atoms with van der Waals surface area (Å²) in [6.07, 6.45) is -2.08. The van der Waals surface area contributed by atoms with Crippen LogP contribution in [0.1, 0.15) is 56.9 Å². The molecule has 2 aliphatic carbocycles. The third-order valence-corrected chi connectivity index (χ3v) is 5.87. The zero-order valence-electron chi connectivity index (χ0n) is 16.1. The molecule has 0 bridgehead atoms. The molecular formula is C21H26F4O4. The molecule has 0 atom stereocenters. The molecule has 4 nitrogen and oxygen atoms in total. The molecule has 2 fully saturated rings. The molecule has 0 radical (unpaired) electrons. The van der Waals surface area contributed by atoms with Crippen LogP contribution in [0, 0.1) is 10.8 Å². The van der Waals surface area contributed by atoms with Crippen molar-refractivity contribution in [3.63, 3.8) is 0 Å². The fourth-order valence-electron chi connectivity index (χ4n) is 3.92. The molecule has 1 aromatic carbocycles. The zero-order chi connectivity index (χ0) is 21.5. The summed E-state index contributed by atoms with van der Waals surface area (Å²) < 4.78 is 55.7. The van der Waals surface area contributed by atoms with E-state index in [9.17, 15) is 27.2 Å². The van der Waals surface area contributed by atoms with Crippen LogP contribution in [0.2, 0.25) is 0 Å². The first-order chi connectivity index (χ1) is 13.7. The van der Waals surface area contributed by atoms with Crippen LogP contribution in [0.25, 0.3) is 0 Å². The minimum Gasteiger partial charge on any atom is -0.481 e. The first-order valence-corrected chi connectivity index (χ1v) is 9.75. The number of carboxylic acid groups (broad SMARTS) is 1. The third kappa shape index (κ3) is 5.28. The summed E-state index contributed by atoms with van der Waals surface area (Å²) in [6, 6.07) is 9.10. The van der Waals surface area contributed by atoms with E-state index in [0.717, 1.165) is 5.56 Å². The van der Waals surface area contributed by atoms with E-state index in [1.54, 1.807) is 12.1 Å². The predicted octanol–water partition coefficient (Wildman–Crippen LogP) is 5.45. The van der Waals surface area contributed by atoms with E-state index in [1.165, 1.54) is 0 Å². The molecule has 0 aromatic heterocycles. The largest absolute Gasteiger partial charge is 0.481 e. The Morgan fingerprint density at radius 1 is 0.862 bits per heavy atom. The maximum absolute atomic E-state index is 13.1. The molecule has 29 heavy (non-hydrogen) atoms. The number of rotatable bonds is 6. The van der Waals surface area contributed by atoms with Gasteiger partial charge in [0, 0.05) is 0 Å². The number of carboxylic acids is 1. The van der Waals surface area contributed by atoms with Crippen molar-refractivity contribution >= 4 is 11.9 Å². The van der Waals surface area contributed by atoms with Gasteiger partial charge in [-0.2, -0.15) is 0 Å². The van der Waals surface area contributed by atoms with Gasteiger partial charge in [0.2, 0.25) is 0 Å². The highest BCUT2D eigenvalue weighted by Gasteiger charge is 2.50. The molecule has 2 saturated carbocycles. The highest BCUT2D eigenvalue weighted by molar-refractivity contribution is 5.77. The lowest BCUT2D eigenvalue weighted by molar-refractivity contribution is -0.167. The van der Waals surface area contributed by atoms with Crippen molar-refractivity contribution in [1.29, 1.82) is 0 Å². The SMILES string of the molecule is O=C(O)C1(C(F)F)CCCC1.O=C(OCc1ccccc1)C1(C(F)F)CCCC1. The van der Waals surface area contributed by atoms with Crippen molar-refractivity contribution < 1.29 is 37.0 Å². The summed E-state index contributed by atoms with van der Waals surface area (Å²) in [5, 5.41) is 8.55.